The maximum absolute atomic E-state index is 12.1. The van der Waals surface area contributed by atoms with Gasteiger partial charge >= 0.3 is 6.01 Å². The first-order valence-corrected chi connectivity index (χ1v) is 10.1. The molecule has 0 atom stereocenters. The van der Waals surface area contributed by atoms with Gasteiger partial charge in [0.25, 0.3) is 11.8 Å². The second kappa shape index (κ2) is 10.0. The third-order valence-electron chi connectivity index (χ3n) is 4.43. The van der Waals surface area contributed by atoms with Crippen LogP contribution in [0.5, 0.6) is 0 Å². The lowest BCUT2D eigenvalue weighted by atomic mass is 10.1. The molecule has 0 radical (unpaired) electrons. The van der Waals surface area contributed by atoms with Crippen LogP contribution in [0.3, 0.4) is 0 Å². The van der Waals surface area contributed by atoms with Crippen LogP contribution in [0.4, 0.5) is 6.01 Å². The molecule has 32 heavy (non-hydrogen) atoms. The number of carbonyl (C=O) groups excluding carboxylic acids is 1. The Hall–Kier alpha value is -3.78. The maximum atomic E-state index is 12.1. The van der Waals surface area contributed by atoms with Gasteiger partial charge in [0.1, 0.15) is 5.69 Å². The summed E-state index contributed by atoms with van der Waals surface area (Å²) >= 11 is 6.11. The molecule has 1 N–H and O–H groups in total. The van der Waals surface area contributed by atoms with E-state index in [2.05, 4.69) is 32.1 Å². The fourth-order valence-electron chi connectivity index (χ4n) is 2.72. The minimum atomic E-state index is -0.0679. The number of aryl methyl sites for hydroxylation is 1. The Kier molecular flexibility index (Phi) is 7.17. The summed E-state index contributed by atoms with van der Waals surface area (Å²) in [6.45, 7) is 7.19. The average molecular weight is 451 g/mol. The van der Waals surface area contributed by atoms with Crippen LogP contribution in [-0.4, -0.2) is 45.1 Å². The number of carbonyl (C=O) groups is 1. The Morgan fingerprint density at radius 1 is 1.22 bits per heavy atom. The van der Waals surface area contributed by atoms with Gasteiger partial charge in [0.15, 0.2) is 0 Å². The zero-order chi connectivity index (χ0) is 23.3. The number of benzene rings is 1. The molecule has 8 nitrogen and oxygen atoms in total. The van der Waals surface area contributed by atoms with Crippen molar-refractivity contribution in [2.75, 3.05) is 19.4 Å². The van der Waals surface area contributed by atoms with Crippen molar-refractivity contribution >= 4 is 23.5 Å². The Morgan fingerprint density at radius 2 is 1.94 bits per heavy atom. The molecule has 0 bridgehead atoms. The predicted molar refractivity (Wildman–Crippen MR) is 125 cm³/mol. The first kappa shape index (κ1) is 22.9. The molecule has 2 heterocycles. The van der Waals surface area contributed by atoms with E-state index in [-0.39, 0.29) is 17.8 Å². The van der Waals surface area contributed by atoms with Crippen LogP contribution in [0.2, 0.25) is 0 Å². The summed E-state index contributed by atoms with van der Waals surface area (Å²) in [5, 5.41) is 11.6. The van der Waals surface area contributed by atoms with Crippen molar-refractivity contribution in [1.29, 1.82) is 0 Å². The largest absolute Gasteiger partial charge is 0.401 e. The Morgan fingerprint density at radius 3 is 2.56 bits per heavy atom. The molecule has 0 aliphatic carbocycles. The van der Waals surface area contributed by atoms with E-state index in [9.17, 15) is 4.79 Å². The van der Waals surface area contributed by atoms with Gasteiger partial charge < -0.3 is 14.6 Å². The Balaban J connectivity index is 1.88. The average Bonchev–Trinajstić information content (AvgIpc) is 3.24. The van der Waals surface area contributed by atoms with Gasteiger partial charge in [0, 0.05) is 30.3 Å². The second-order valence-electron chi connectivity index (χ2n) is 7.05. The summed E-state index contributed by atoms with van der Waals surface area (Å²) in [6, 6.07) is 7.33. The monoisotopic (exact) mass is 450 g/mol. The van der Waals surface area contributed by atoms with Gasteiger partial charge in [0.05, 0.1) is 23.3 Å². The summed E-state index contributed by atoms with van der Waals surface area (Å²) < 4.78 is 5.74. The molecule has 1 aromatic carbocycles. The zero-order valence-corrected chi connectivity index (χ0v) is 19.0. The number of halogens is 1. The predicted octanol–water partition coefficient (Wildman–Crippen LogP) is 4.83. The van der Waals surface area contributed by atoms with E-state index in [1.54, 1.807) is 57.6 Å². The van der Waals surface area contributed by atoms with Crippen LogP contribution < -0.4 is 5.32 Å². The highest BCUT2D eigenvalue weighted by molar-refractivity contribution is 6.29. The van der Waals surface area contributed by atoms with E-state index < -0.39 is 0 Å². The maximum Gasteiger partial charge on any atom is 0.320 e. The van der Waals surface area contributed by atoms with E-state index in [0.717, 1.165) is 5.56 Å². The lowest BCUT2D eigenvalue weighted by Crippen LogP contribution is -2.21. The minimum absolute atomic E-state index is 0.0679. The van der Waals surface area contributed by atoms with E-state index >= 15 is 0 Å². The second-order valence-corrected chi connectivity index (χ2v) is 7.61. The molecular formula is C23H23ClN6O2. The van der Waals surface area contributed by atoms with Crippen LogP contribution in [0.1, 0.15) is 23.0 Å². The van der Waals surface area contributed by atoms with Gasteiger partial charge in [0.2, 0.25) is 0 Å². The van der Waals surface area contributed by atoms with Crippen molar-refractivity contribution in [2.24, 2.45) is 0 Å². The van der Waals surface area contributed by atoms with Crippen molar-refractivity contribution in [3.05, 3.63) is 77.3 Å². The Labute approximate surface area is 191 Å². The lowest BCUT2D eigenvalue weighted by Gasteiger charge is -2.10. The molecule has 0 fully saturated rings. The normalized spacial score (nSPS) is 11.9. The van der Waals surface area contributed by atoms with Crippen LogP contribution in [0, 0.1) is 6.92 Å². The van der Waals surface area contributed by atoms with Gasteiger partial charge in [-0.1, -0.05) is 47.6 Å². The number of amides is 1. The van der Waals surface area contributed by atoms with Crippen molar-refractivity contribution < 1.29 is 9.21 Å². The molecule has 0 spiro atoms. The summed E-state index contributed by atoms with van der Waals surface area (Å²) in [4.78, 5) is 22.7. The molecule has 0 aliphatic heterocycles. The number of rotatable bonds is 7. The third-order valence-corrected chi connectivity index (χ3v) is 4.63. The molecule has 3 aromatic rings. The number of hydrogen-bond donors (Lipinski definition) is 1. The fourth-order valence-corrected chi connectivity index (χ4v) is 2.83. The van der Waals surface area contributed by atoms with Gasteiger partial charge in [-0.2, -0.15) is 0 Å². The number of nitrogens with zero attached hydrogens (tertiary/aromatic N) is 5. The van der Waals surface area contributed by atoms with Gasteiger partial charge in [-0.3, -0.25) is 9.78 Å². The fraction of sp³-hybridized carbons (Fsp3) is 0.174. The van der Waals surface area contributed by atoms with E-state index in [0.29, 0.717) is 33.4 Å². The lowest BCUT2D eigenvalue weighted by molar-refractivity contribution is 0.0827. The van der Waals surface area contributed by atoms with Crippen LogP contribution in [-0.2, 0) is 0 Å². The molecule has 164 valence electrons. The van der Waals surface area contributed by atoms with Crippen molar-refractivity contribution in [3.63, 3.8) is 0 Å². The van der Waals surface area contributed by atoms with E-state index in [4.69, 9.17) is 16.0 Å². The van der Waals surface area contributed by atoms with E-state index in [1.165, 1.54) is 4.90 Å². The molecular weight excluding hydrogens is 428 g/mol. The topological polar surface area (TPSA) is 97.0 Å². The quantitative estimate of drug-likeness (QED) is 0.515. The Bertz CT molecular complexity index is 1190. The number of aromatic nitrogens is 4. The molecule has 0 saturated heterocycles. The number of nitrogens with one attached hydrogen (secondary N) is 1. The van der Waals surface area contributed by atoms with Gasteiger partial charge in [-0.05, 0) is 32.1 Å². The van der Waals surface area contributed by atoms with Crippen molar-refractivity contribution in [1.82, 2.24) is 25.1 Å². The molecule has 9 heteroatoms. The standard InChI is InChI=1S/C23H23ClN6O2/c1-6-7-8-18(14(2)24)27-23-29-28-21(32-23)20-15(3)25-13-19(26-20)16-9-11-17(12-10-16)22(31)30(4)5/h6-13H,1H2,2-5H3,(H,27,29)/b8-7-,18-14-. The summed E-state index contributed by atoms with van der Waals surface area (Å²) in [6.07, 6.45) is 6.78. The van der Waals surface area contributed by atoms with Crippen molar-refractivity contribution in [3.8, 4) is 22.8 Å². The van der Waals surface area contributed by atoms with Crippen LogP contribution in [0.15, 0.2) is 70.4 Å². The summed E-state index contributed by atoms with van der Waals surface area (Å²) in [5.74, 6) is 0.152. The highest BCUT2D eigenvalue weighted by Gasteiger charge is 2.16. The summed E-state index contributed by atoms with van der Waals surface area (Å²) in [5.41, 5.74) is 3.73. The SMILES string of the molecule is C=C/C=C\C(Nc1nnc(-c2nc(-c3ccc(C(=O)N(C)C)cc3)cnc2C)o1)=C(/C)Cl. The van der Waals surface area contributed by atoms with Crippen LogP contribution >= 0.6 is 11.6 Å². The minimum Gasteiger partial charge on any atom is -0.401 e. The smallest absolute Gasteiger partial charge is 0.320 e. The highest BCUT2D eigenvalue weighted by Crippen LogP contribution is 2.25. The zero-order valence-electron chi connectivity index (χ0n) is 18.3. The first-order chi connectivity index (χ1) is 15.3. The number of allylic oxidation sites excluding steroid dienone is 4. The number of hydrogen-bond acceptors (Lipinski definition) is 7. The van der Waals surface area contributed by atoms with Gasteiger partial charge in [-0.15, -0.1) is 5.10 Å². The number of anilines is 1. The first-order valence-electron chi connectivity index (χ1n) is 9.72. The molecule has 1 amide bonds. The van der Waals surface area contributed by atoms with Crippen LogP contribution in [0.25, 0.3) is 22.8 Å². The highest BCUT2D eigenvalue weighted by atomic mass is 35.5. The molecule has 2 aromatic heterocycles. The molecule has 3 rings (SSSR count). The summed E-state index contributed by atoms with van der Waals surface area (Å²) in [7, 11) is 3.43. The molecule has 0 unspecified atom stereocenters. The van der Waals surface area contributed by atoms with E-state index in [1.807, 2.05) is 19.1 Å². The molecule has 0 saturated carbocycles. The van der Waals surface area contributed by atoms with Crippen molar-refractivity contribution in [2.45, 2.75) is 13.8 Å². The molecule has 0 aliphatic rings. The third kappa shape index (κ3) is 5.28. The van der Waals surface area contributed by atoms with Gasteiger partial charge in [-0.25, -0.2) is 4.98 Å².